The number of rotatable bonds is 7. The van der Waals surface area contributed by atoms with E-state index in [-0.39, 0.29) is 0 Å². The van der Waals surface area contributed by atoms with Crippen molar-refractivity contribution in [3.05, 3.63) is 94.3 Å². The Bertz CT molecular complexity index is 1080. The molecule has 31 heavy (non-hydrogen) atoms. The maximum absolute atomic E-state index is 12.1. The van der Waals surface area contributed by atoms with Crippen LogP contribution in [0.2, 0.25) is 5.15 Å². The molecule has 1 heterocycles. The van der Waals surface area contributed by atoms with E-state index >= 15 is 0 Å². The highest BCUT2D eigenvalue weighted by molar-refractivity contribution is 6.31. The van der Waals surface area contributed by atoms with Crippen LogP contribution < -0.4 is 5.43 Å². The van der Waals surface area contributed by atoms with Crippen molar-refractivity contribution in [3.63, 3.8) is 0 Å². The topological polar surface area (TPSA) is 85.6 Å². The first-order valence-electron chi connectivity index (χ1n) is 9.47. The quantitative estimate of drug-likeness (QED) is 0.266. The summed E-state index contributed by atoms with van der Waals surface area (Å²) >= 11 is 6.12. The molecule has 0 aliphatic heterocycles. The van der Waals surface area contributed by atoms with E-state index < -0.39 is 18.5 Å². The van der Waals surface area contributed by atoms with Crippen LogP contribution in [0.25, 0.3) is 6.08 Å². The number of hydrazone groups is 1. The third kappa shape index (κ3) is 5.90. The molecule has 2 aromatic carbocycles. The zero-order chi connectivity index (χ0) is 22.2. The van der Waals surface area contributed by atoms with Crippen molar-refractivity contribution < 1.29 is 14.3 Å². The molecule has 0 saturated heterocycles. The lowest BCUT2D eigenvalue weighted by molar-refractivity contribution is -0.143. The fourth-order valence-electron chi connectivity index (χ4n) is 2.81. The van der Waals surface area contributed by atoms with E-state index in [0.29, 0.717) is 22.1 Å². The maximum atomic E-state index is 12.1. The van der Waals surface area contributed by atoms with Crippen LogP contribution in [-0.2, 0) is 21.4 Å². The first-order valence-corrected chi connectivity index (χ1v) is 9.85. The zero-order valence-corrected chi connectivity index (χ0v) is 17.8. The Morgan fingerprint density at radius 3 is 2.19 bits per heavy atom. The second-order valence-corrected chi connectivity index (χ2v) is 6.94. The Morgan fingerprint density at radius 2 is 1.68 bits per heavy atom. The van der Waals surface area contributed by atoms with Gasteiger partial charge in [-0.25, -0.2) is 10.2 Å². The lowest BCUT2D eigenvalue weighted by atomic mass is 10.0. The number of carbonyl (C=O) groups excluding carboxylic acids is 2. The first kappa shape index (κ1) is 22.0. The van der Waals surface area contributed by atoms with Crippen molar-refractivity contribution in [1.29, 1.82) is 0 Å². The number of nitrogens with one attached hydrogen (secondary N) is 1. The van der Waals surface area contributed by atoms with Gasteiger partial charge in [0.2, 0.25) is 0 Å². The molecule has 0 aliphatic rings. The lowest BCUT2D eigenvalue weighted by Crippen LogP contribution is -2.26. The van der Waals surface area contributed by atoms with Crippen molar-refractivity contribution in [2.24, 2.45) is 12.1 Å². The van der Waals surface area contributed by atoms with Crippen molar-refractivity contribution in [2.75, 3.05) is 6.61 Å². The summed E-state index contributed by atoms with van der Waals surface area (Å²) < 4.78 is 6.48. The summed E-state index contributed by atoms with van der Waals surface area (Å²) in [4.78, 5) is 24.1. The number of aromatic nitrogens is 2. The highest BCUT2D eigenvalue weighted by Gasteiger charge is 2.11. The summed E-state index contributed by atoms with van der Waals surface area (Å²) in [5.41, 5.74) is 6.03. The van der Waals surface area contributed by atoms with Gasteiger partial charge in [-0.2, -0.15) is 10.2 Å². The standard InChI is InChI=1S/C23H21ClN4O3/c1-16-19(23(24)28(2)27-16)13-14-21(30)31-15-20(29)25-26-22(17-9-5-3-6-10-17)18-11-7-4-8-12-18/h3-14H,15H2,1-2H3,(H,25,29)/b14-13+. The van der Waals surface area contributed by atoms with E-state index in [1.807, 2.05) is 60.7 Å². The third-order valence-corrected chi connectivity index (χ3v) is 4.76. The van der Waals surface area contributed by atoms with Crippen molar-refractivity contribution in [3.8, 4) is 0 Å². The van der Waals surface area contributed by atoms with Crippen LogP contribution >= 0.6 is 11.6 Å². The summed E-state index contributed by atoms with van der Waals surface area (Å²) in [5, 5.41) is 8.80. The van der Waals surface area contributed by atoms with Gasteiger partial charge in [0.15, 0.2) is 6.61 Å². The molecule has 0 fully saturated rings. The minimum absolute atomic E-state index is 0.406. The number of esters is 1. The van der Waals surface area contributed by atoms with Gasteiger partial charge in [0.05, 0.1) is 11.4 Å². The monoisotopic (exact) mass is 436 g/mol. The summed E-state index contributed by atoms with van der Waals surface area (Å²) in [5.74, 6) is -1.23. The molecule has 3 aromatic rings. The van der Waals surface area contributed by atoms with E-state index in [9.17, 15) is 9.59 Å². The van der Waals surface area contributed by atoms with E-state index in [0.717, 1.165) is 11.1 Å². The summed E-state index contributed by atoms with van der Waals surface area (Å²) in [6.07, 6.45) is 2.71. The number of ether oxygens (including phenoxy) is 1. The number of amides is 1. The van der Waals surface area contributed by atoms with Crippen molar-refractivity contribution in [1.82, 2.24) is 15.2 Å². The minimum atomic E-state index is -0.676. The normalized spacial score (nSPS) is 10.7. The molecular weight excluding hydrogens is 416 g/mol. The highest BCUT2D eigenvalue weighted by Crippen LogP contribution is 2.19. The molecule has 1 N–H and O–H groups in total. The SMILES string of the molecule is Cc1nn(C)c(Cl)c1/C=C/C(=O)OCC(=O)NN=C(c1ccccc1)c1ccccc1. The van der Waals surface area contributed by atoms with E-state index in [1.165, 1.54) is 16.8 Å². The number of hydrogen-bond donors (Lipinski definition) is 1. The molecule has 1 aromatic heterocycles. The van der Waals surface area contributed by atoms with Crippen LogP contribution in [0.1, 0.15) is 22.4 Å². The molecule has 3 rings (SSSR count). The fourth-order valence-corrected chi connectivity index (χ4v) is 3.05. The van der Waals surface area contributed by atoms with Gasteiger partial charge >= 0.3 is 5.97 Å². The molecule has 0 atom stereocenters. The Balaban J connectivity index is 1.62. The lowest BCUT2D eigenvalue weighted by Gasteiger charge is -2.08. The number of aryl methyl sites for hydroxylation is 2. The molecule has 0 unspecified atom stereocenters. The molecule has 1 amide bonds. The Kier molecular flexibility index (Phi) is 7.35. The smallest absolute Gasteiger partial charge is 0.331 e. The van der Waals surface area contributed by atoms with Gasteiger partial charge < -0.3 is 4.74 Å². The van der Waals surface area contributed by atoms with Crippen LogP contribution in [0.15, 0.2) is 71.8 Å². The summed E-state index contributed by atoms with van der Waals surface area (Å²) in [6, 6.07) is 18.9. The van der Waals surface area contributed by atoms with Gasteiger partial charge in [0.1, 0.15) is 5.15 Å². The Labute approximate surface area is 185 Å². The molecule has 0 bridgehead atoms. The second-order valence-electron chi connectivity index (χ2n) is 6.58. The van der Waals surface area contributed by atoms with Crippen molar-refractivity contribution >= 4 is 35.3 Å². The number of carbonyl (C=O) groups is 2. The van der Waals surface area contributed by atoms with E-state index in [4.69, 9.17) is 16.3 Å². The Hall–Kier alpha value is -3.71. The number of halogens is 1. The van der Waals surface area contributed by atoms with Gasteiger partial charge in [0, 0.05) is 29.8 Å². The first-order chi connectivity index (χ1) is 15.0. The van der Waals surface area contributed by atoms with E-state index in [2.05, 4.69) is 15.6 Å². The van der Waals surface area contributed by atoms with Gasteiger partial charge in [-0.15, -0.1) is 0 Å². The molecular formula is C23H21ClN4O3. The van der Waals surface area contributed by atoms with Crippen LogP contribution in [0.5, 0.6) is 0 Å². The fraction of sp³-hybridized carbons (Fsp3) is 0.130. The third-order valence-electron chi connectivity index (χ3n) is 4.31. The van der Waals surface area contributed by atoms with Crippen LogP contribution in [-0.4, -0.2) is 34.0 Å². The van der Waals surface area contributed by atoms with Gasteiger partial charge in [-0.05, 0) is 13.0 Å². The van der Waals surface area contributed by atoms with Crippen LogP contribution in [0.3, 0.4) is 0 Å². The number of benzene rings is 2. The van der Waals surface area contributed by atoms with Crippen LogP contribution in [0, 0.1) is 6.92 Å². The van der Waals surface area contributed by atoms with Crippen molar-refractivity contribution in [2.45, 2.75) is 6.92 Å². The average molecular weight is 437 g/mol. The second kappa shape index (κ2) is 10.4. The molecule has 0 aliphatic carbocycles. The molecule has 0 spiro atoms. The van der Waals surface area contributed by atoms with Crippen LogP contribution in [0.4, 0.5) is 0 Å². The van der Waals surface area contributed by atoms with Gasteiger partial charge in [-0.1, -0.05) is 72.3 Å². The average Bonchev–Trinajstić information content (AvgIpc) is 3.03. The number of nitrogens with zero attached hydrogens (tertiary/aromatic N) is 3. The molecule has 8 heteroatoms. The van der Waals surface area contributed by atoms with Gasteiger partial charge in [-0.3, -0.25) is 9.48 Å². The van der Waals surface area contributed by atoms with Gasteiger partial charge in [0.25, 0.3) is 5.91 Å². The predicted octanol–water partition coefficient (Wildman–Crippen LogP) is 3.51. The van der Waals surface area contributed by atoms with E-state index in [1.54, 1.807) is 14.0 Å². The summed E-state index contributed by atoms with van der Waals surface area (Å²) in [6.45, 7) is 1.31. The molecule has 0 radical (unpaired) electrons. The minimum Gasteiger partial charge on any atom is -0.452 e. The predicted molar refractivity (Wildman–Crippen MR) is 120 cm³/mol. The number of hydrogen-bond acceptors (Lipinski definition) is 5. The molecule has 0 saturated carbocycles. The maximum Gasteiger partial charge on any atom is 0.331 e. The largest absolute Gasteiger partial charge is 0.452 e. The highest BCUT2D eigenvalue weighted by atomic mass is 35.5. The molecule has 7 nitrogen and oxygen atoms in total. The molecule has 158 valence electrons. The Morgan fingerprint density at radius 1 is 1.10 bits per heavy atom. The zero-order valence-electron chi connectivity index (χ0n) is 17.1. The summed E-state index contributed by atoms with van der Waals surface area (Å²) in [7, 11) is 1.70.